The van der Waals surface area contributed by atoms with Gasteiger partial charge in [-0.25, -0.2) is 23.1 Å². The summed E-state index contributed by atoms with van der Waals surface area (Å²) in [6, 6.07) is 3.98. The largest absolute Gasteiger partial charge is 0.384 e. The smallest absolute Gasteiger partial charge is 0.266 e. The van der Waals surface area contributed by atoms with Gasteiger partial charge in [0.05, 0.1) is 16.5 Å². The van der Waals surface area contributed by atoms with Crippen LogP contribution in [-0.4, -0.2) is 32.7 Å². The van der Waals surface area contributed by atoms with Crippen LogP contribution in [0.5, 0.6) is 0 Å². The van der Waals surface area contributed by atoms with Gasteiger partial charge < -0.3 is 15.7 Å². The summed E-state index contributed by atoms with van der Waals surface area (Å²) in [6.45, 7) is 0.760. The van der Waals surface area contributed by atoms with Crippen molar-refractivity contribution in [1.29, 1.82) is 0 Å². The van der Waals surface area contributed by atoms with Gasteiger partial charge in [-0.1, -0.05) is 24.1 Å². The molecule has 1 aliphatic rings. The Morgan fingerprint density at radius 1 is 1.34 bits per heavy atom. The van der Waals surface area contributed by atoms with E-state index >= 15 is 0 Å². The first kappa shape index (κ1) is 21.8. The van der Waals surface area contributed by atoms with E-state index in [1.165, 1.54) is 36.1 Å². The molecule has 3 N–H and O–H groups in total. The third kappa shape index (κ3) is 3.59. The van der Waals surface area contributed by atoms with Gasteiger partial charge in [-0.05, 0) is 19.0 Å². The molecule has 1 aromatic carbocycles. The van der Waals surface area contributed by atoms with Crippen molar-refractivity contribution in [2.75, 3.05) is 18.4 Å². The number of pyridine rings is 1. The van der Waals surface area contributed by atoms with Crippen molar-refractivity contribution < 1.29 is 18.3 Å². The van der Waals surface area contributed by atoms with E-state index in [1.54, 1.807) is 0 Å². The number of nitrogens with zero attached hydrogens (tertiary/aromatic N) is 3. The summed E-state index contributed by atoms with van der Waals surface area (Å²) in [5.41, 5.74) is -2.22. The molecule has 1 fully saturated rings. The standard InChI is InChI=1S/C22H20F3N5O2/c1-3-16(12-5-4-6-13(17(12)23)18(24)25)29-19-14-9-15(22(32)7-8-26-10-22)21(31)30(2)20(14)28-11-27-19/h1,4-6,9,11,16,18,26,32H,7-8,10H2,2H3,(H,27,28,29)/t16-,22?/m1/s1. The van der Waals surface area contributed by atoms with Crippen molar-refractivity contribution in [3.05, 3.63) is 63.5 Å². The fourth-order valence-electron chi connectivity index (χ4n) is 3.93. The summed E-state index contributed by atoms with van der Waals surface area (Å²) < 4.78 is 42.2. The number of aliphatic hydroxyl groups is 1. The molecule has 0 bridgehead atoms. The lowest BCUT2D eigenvalue weighted by atomic mass is 9.93. The molecule has 0 aliphatic carbocycles. The van der Waals surface area contributed by atoms with Crippen LogP contribution in [0.25, 0.3) is 11.0 Å². The third-order valence-corrected chi connectivity index (χ3v) is 5.69. The number of fused-ring (bicyclic) bond motifs is 1. The van der Waals surface area contributed by atoms with Crippen molar-refractivity contribution in [1.82, 2.24) is 19.9 Å². The van der Waals surface area contributed by atoms with E-state index in [9.17, 15) is 23.1 Å². The molecule has 166 valence electrons. The fourth-order valence-corrected chi connectivity index (χ4v) is 3.93. The summed E-state index contributed by atoms with van der Waals surface area (Å²) in [4.78, 5) is 21.2. The van der Waals surface area contributed by atoms with Crippen molar-refractivity contribution in [3.8, 4) is 12.3 Å². The molecule has 3 heterocycles. The van der Waals surface area contributed by atoms with E-state index in [1.807, 2.05) is 0 Å². The lowest BCUT2D eigenvalue weighted by Gasteiger charge is -2.23. The average molecular weight is 443 g/mol. The Hall–Kier alpha value is -3.42. The van der Waals surface area contributed by atoms with Gasteiger partial charge >= 0.3 is 0 Å². The monoisotopic (exact) mass is 443 g/mol. The summed E-state index contributed by atoms with van der Waals surface area (Å²) in [5, 5.41) is 17.2. The maximum Gasteiger partial charge on any atom is 0.266 e. The van der Waals surface area contributed by atoms with Crippen molar-refractivity contribution in [2.24, 2.45) is 7.05 Å². The second-order valence-corrected chi connectivity index (χ2v) is 7.64. The lowest BCUT2D eigenvalue weighted by Crippen LogP contribution is -2.37. The van der Waals surface area contributed by atoms with Gasteiger partial charge in [-0.3, -0.25) is 9.36 Å². The number of nitrogens with one attached hydrogen (secondary N) is 2. The van der Waals surface area contributed by atoms with Crippen molar-refractivity contribution >= 4 is 16.9 Å². The molecule has 7 nitrogen and oxygen atoms in total. The number of hydrogen-bond acceptors (Lipinski definition) is 6. The van der Waals surface area contributed by atoms with Gasteiger partial charge in [0.2, 0.25) is 0 Å². The van der Waals surface area contributed by atoms with Crippen LogP contribution in [0, 0.1) is 18.2 Å². The molecule has 10 heteroatoms. The Morgan fingerprint density at radius 2 is 2.09 bits per heavy atom. The molecule has 0 amide bonds. The Morgan fingerprint density at radius 3 is 2.75 bits per heavy atom. The number of benzene rings is 1. The van der Waals surface area contributed by atoms with E-state index in [4.69, 9.17) is 6.42 Å². The van der Waals surface area contributed by atoms with Gasteiger partial charge in [0.15, 0.2) is 0 Å². The molecule has 32 heavy (non-hydrogen) atoms. The maximum absolute atomic E-state index is 14.7. The van der Waals surface area contributed by atoms with Crippen LogP contribution in [0.4, 0.5) is 19.0 Å². The van der Waals surface area contributed by atoms with Gasteiger partial charge in [0.1, 0.15) is 35.3 Å². The van der Waals surface area contributed by atoms with Gasteiger partial charge in [0.25, 0.3) is 12.0 Å². The molecule has 1 aliphatic heterocycles. The van der Waals surface area contributed by atoms with Crippen molar-refractivity contribution in [2.45, 2.75) is 24.5 Å². The third-order valence-electron chi connectivity index (χ3n) is 5.69. The summed E-state index contributed by atoms with van der Waals surface area (Å²) in [5.74, 6) is 1.43. The van der Waals surface area contributed by atoms with Gasteiger partial charge in [0, 0.05) is 19.2 Å². The second kappa shape index (κ2) is 8.26. The van der Waals surface area contributed by atoms with E-state index < -0.39 is 35.0 Å². The number of rotatable bonds is 5. The molecular weight excluding hydrogens is 423 g/mol. The highest BCUT2D eigenvalue weighted by molar-refractivity contribution is 5.87. The number of alkyl halides is 2. The van der Waals surface area contributed by atoms with E-state index in [0.717, 1.165) is 6.07 Å². The zero-order valence-electron chi connectivity index (χ0n) is 17.1. The molecule has 0 saturated carbocycles. The predicted molar refractivity (Wildman–Crippen MR) is 113 cm³/mol. The predicted octanol–water partition coefficient (Wildman–Crippen LogP) is 2.37. The minimum absolute atomic E-state index is 0.138. The minimum Gasteiger partial charge on any atom is -0.384 e. The van der Waals surface area contributed by atoms with Crippen LogP contribution < -0.4 is 16.2 Å². The number of anilines is 1. The highest BCUT2D eigenvalue weighted by atomic mass is 19.3. The first-order chi connectivity index (χ1) is 15.3. The quantitative estimate of drug-likeness (QED) is 0.525. The normalized spacial score (nSPS) is 19.3. The van der Waals surface area contributed by atoms with Crippen molar-refractivity contribution in [3.63, 3.8) is 0 Å². The van der Waals surface area contributed by atoms with Crippen LogP contribution >= 0.6 is 0 Å². The lowest BCUT2D eigenvalue weighted by molar-refractivity contribution is 0.0570. The Labute approximate surface area is 181 Å². The zero-order chi connectivity index (χ0) is 23.0. The molecule has 0 radical (unpaired) electrons. The molecule has 2 aromatic heterocycles. The van der Waals surface area contributed by atoms with Crippen LogP contribution in [0.2, 0.25) is 0 Å². The topological polar surface area (TPSA) is 92.1 Å². The molecule has 0 spiro atoms. The fraction of sp³-hybridized carbons (Fsp3) is 0.318. The van der Waals surface area contributed by atoms with Gasteiger partial charge in [-0.15, -0.1) is 6.42 Å². The van der Waals surface area contributed by atoms with Gasteiger partial charge in [-0.2, -0.15) is 0 Å². The average Bonchev–Trinajstić information content (AvgIpc) is 3.22. The summed E-state index contributed by atoms with van der Waals surface area (Å²) >= 11 is 0. The molecule has 4 rings (SSSR count). The number of aromatic nitrogens is 3. The van der Waals surface area contributed by atoms with E-state index in [2.05, 4.69) is 26.5 Å². The molecule has 2 atom stereocenters. The summed E-state index contributed by atoms with van der Waals surface area (Å²) in [7, 11) is 1.52. The van der Waals surface area contributed by atoms with E-state index in [0.29, 0.717) is 18.4 Å². The Balaban J connectivity index is 1.83. The first-order valence-electron chi connectivity index (χ1n) is 9.84. The first-order valence-corrected chi connectivity index (χ1v) is 9.84. The molecular formula is C22H20F3N5O2. The number of halogens is 3. The SMILES string of the molecule is C#C[C@@H](Nc1ncnc2c1cc(C1(O)CCNC1)c(=O)n2C)c1cccc(C(F)F)c1F. The minimum atomic E-state index is -2.99. The number of aryl methyl sites for hydroxylation is 1. The highest BCUT2D eigenvalue weighted by Gasteiger charge is 2.36. The van der Waals surface area contributed by atoms with Crippen LogP contribution in [0.3, 0.4) is 0 Å². The van der Waals surface area contributed by atoms with Crippen LogP contribution in [0.15, 0.2) is 35.4 Å². The van der Waals surface area contributed by atoms with E-state index in [-0.39, 0.29) is 29.1 Å². The second-order valence-electron chi connectivity index (χ2n) is 7.64. The maximum atomic E-state index is 14.7. The Kier molecular flexibility index (Phi) is 5.62. The Bertz CT molecular complexity index is 1280. The zero-order valence-corrected chi connectivity index (χ0v) is 17.1. The summed E-state index contributed by atoms with van der Waals surface area (Å²) in [6.07, 6.45) is 4.14. The molecule has 3 aromatic rings. The number of hydrogen-bond donors (Lipinski definition) is 3. The number of terminal acetylenes is 1. The highest BCUT2D eigenvalue weighted by Crippen LogP contribution is 2.32. The van der Waals surface area contributed by atoms with Crippen LogP contribution in [0.1, 0.15) is 35.6 Å². The number of β-amino-alcohol motifs (C(OH)–C–C–N with tert-alkyl or cyclic N) is 1. The van der Waals surface area contributed by atoms with Crippen LogP contribution in [-0.2, 0) is 12.6 Å². The molecule has 1 unspecified atom stereocenters. The molecule has 1 saturated heterocycles.